The van der Waals surface area contributed by atoms with E-state index in [1.54, 1.807) is 18.2 Å². The van der Waals surface area contributed by atoms with Crippen molar-refractivity contribution in [1.82, 2.24) is 5.16 Å². The summed E-state index contributed by atoms with van der Waals surface area (Å²) in [5.41, 5.74) is 1.61. The van der Waals surface area contributed by atoms with Crippen molar-refractivity contribution in [3.05, 3.63) is 41.0 Å². The average molecular weight is 252 g/mol. The number of carbonyl (C=O) groups is 1. The number of halogens is 1. The monoisotopic (exact) mass is 251 g/mol. The second kappa shape index (κ2) is 5.50. The van der Waals surface area contributed by atoms with Crippen LogP contribution < -0.4 is 0 Å². The molecule has 0 aliphatic rings. The van der Waals surface area contributed by atoms with Crippen molar-refractivity contribution in [1.29, 1.82) is 0 Å². The average Bonchev–Trinajstić information content (AvgIpc) is 2.78. The van der Waals surface area contributed by atoms with Crippen LogP contribution in [-0.4, -0.2) is 18.2 Å². The number of aromatic nitrogens is 1. The zero-order valence-electron chi connectivity index (χ0n) is 8.93. The van der Waals surface area contributed by atoms with Gasteiger partial charge in [0.25, 0.3) is 6.47 Å². The topological polar surface area (TPSA) is 52.3 Å². The molecule has 0 saturated carbocycles. The van der Waals surface area contributed by atoms with Crippen LogP contribution in [0.3, 0.4) is 0 Å². The van der Waals surface area contributed by atoms with E-state index in [4.69, 9.17) is 16.1 Å². The molecule has 0 bridgehead atoms. The first-order valence-corrected chi connectivity index (χ1v) is 5.44. The standard InChI is InChI=1S/C12H10ClNO3/c13-10-3-1-2-9(6-10)12-7-11(14-17-12)4-5-16-8-15/h1-3,6-8H,4-5H2. The molecule has 0 fully saturated rings. The number of ether oxygens (including phenoxy) is 1. The zero-order chi connectivity index (χ0) is 12.1. The second-order valence-electron chi connectivity index (χ2n) is 3.41. The lowest BCUT2D eigenvalue weighted by Crippen LogP contribution is -1.96. The maximum Gasteiger partial charge on any atom is 0.293 e. The van der Waals surface area contributed by atoms with Gasteiger partial charge in [0.05, 0.1) is 12.3 Å². The summed E-state index contributed by atoms with van der Waals surface area (Å²) in [5, 5.41) is 4.52. The summed E-state index contributed by atoms with van der Waals surface area (Å²) in [6.45, 7) is 0.711. The number of carbonyl (C=O) groups excluding carboxylic acids is 1. The van der Waals surface area contributed by atoms with Gasteiger partial charge in [-0.05, 0) is 12.1 Å². The normalized spacial score (nSPS) is 10.2. The van der Waals surface area contributed by atoms with Crippen LogP contribution >= 0.6 is 11.6 Å². The SMILES string of the molecule is O=COCCc1cc(-c2cccc(Cl)c2)on1. The predicted molar refractivity (Wildman–Crippen MR) is 62.7 cm³/mol. The minimum Gasteiger partial charge on any atom is -0.467 e. The van der Waals surface area contributed by atoms with Crippen LogP contribution in [0.25, 0.3) is 11.3 Å². The molecule has 1 aromatic carbocycles. The Hall–Kier alpha value is -1.81. The van der Waals surface area contributed by atoms with E-state index < -0.39 is 0 Å². The van der Waals surface area contributed by atoms with Crippen LogP contribution in [0.2, 0.25) is 5.02 Å². The Morgan fingerprint density at radius 3 is 3.06 bits per heavy atom. The number of rotatable bonds is 5. The van der Waals surface area contributed by atoms with Crippen molar-refractivity contribution in [2.45, 2.75) is 6.42 Å². The first kappa shape index (κ1) is 11.7. The lowest BCUT2D eigenvalue weighted by molar-refractivity contribution is -0.128. The van der Waals surface area contributed by atoms with E-state index in [0.717, 1.165) is 11.3 Å². The Morgan fingerprint density at radius 2 is 2.29 bits per heavy atom. The minimum absolute atomic E-state index is 0.297. The Morgan fingerprint density at radius 1 is 1.41 bits per heavy atom. The highest BCUT2D eigenvalue weighted by atomic mass is 35.5. The van der Waals surface area contributed by atoms with E-state index in [2.05, 4.69) is 9.89 Å². The number of benzene rings is 1. The smallest absolute Gasteiger partial charge is 0.293 e. The van der Waals surface area contributed by atoms with Crippen molar-refractivity contribution < 1.29 is 14.1 Å². The van der Waals surface area contributed by atoms with E-state index in [0.29, 0.717) is 30.3 Å². The molecule has 0 spiro atoms. The van der Waals surface area contributed by atoms with E-state index in [1.165, 1.54) is 0 Å². The van der Waals surface area contributed by atoms with E-state index in [1.807, 2.05) is 12.1 Å². The summed E-state index contributed by atoms with van der Waals surface area (Å²) in [4.78, 5) is 9.98. The van der Waals surface area contributed by atoms with Gasteiger partial charge in [-0.2, -0.15) is 0 Å². The van der Waals surface area contributed by atoms with Gasteiger partial charge in [0.1, 0.15) is 0 Å². The molecule has 0 aliphatic carbocycles. The molecular weight excluding hydrogens is 242 g/mol. The van der Waals surface area contributed by atoms with E-state index in [-0.39, 0.29) is 0 Å². The fraction of sp³-hybridized carbons (Fsp3) is 0.167. The first-order valence-electron chi connectivity index (χ1n) is 5.06. The van der Waals surface area contributed by atoms with Crippen molar-refractivity contribution in [3.63, 3.8) is 0 Å². The molecule has 4 nitrogen and oxygen atoms in total. The van der Waals surface area contributed by atoms with E-state index >= 15 is 0 Å². The molecule has 0 radical (unpaired) electrons. The summed E-state index contributed by atoms with van der Waals surface area (Å²) in [5.74, 6) is 0.647. The Labute approximate surface area is 103 Å². The van der Waals surface area contributed by atoms with Crippen molar-refractivity contribution in [3.8, 4) is 11.3 Å². The van der Waals surface area contributed by atoms with Gasteiger partial charge >= 0.3 is 0 Å². The molecule has 0 aliphatic heterocycles. The van der Waals surface area contributed by atoms with Crippen LogP contribution in [-0.2, 0) is 16.0 Å². The molecule has 2 rings (SSSR count). The molecule has 17 heavy (non-hydrogen) atoms. The fourth-order valence-electron chi connectivity index (χ4n) is 1.42. The molecule has 0 amide bonds. The molecule has 5 heteroatoms. The van der Waals surface area contributed by atoms with Gasteiger partial charge in [0, 0.05) is 23.1 Å². The highest BCUT2D eigenvalue weighted by Gasteiger charge is 2.06. The molecule has 0 unspecified atom stereocenters. The maximum atomic E-state index is 9.98. The summed E-state index contributed by atoms with van der Waals surface area (Å²) in [6.07, 6.45) is 0.531. The molecule has 0 saturated heterocycles. The van der Waals surface area contributed by atoms with Gasteiger partial charge in [-0.25, -0.2) is 0 Å². The highest BCUT2D eigenvalue weighted by molar-refractivity contribution is 6.30. The molecule has 1 aromatic heterocycles. The Kier molecular flexibility index (Phi) is 3.77. The molecule has 0 atom stereocenters. The third kappa shape index (κ3) is 3.07. The van der Waals surface area contributed by atoms with Crippen LogP contribution in [0.15, 0.2) is 34.9 Å². The maximum absolute atomic E-state index is 9.98. The van der Waals surface area contributed by atoms with Gasteiger partial charge in [-0.1, -0.05) is 28.9 Å². The van der Waals surface area contributed by atoms with Gasteiger partial charge in [0.2, 0.25) is 0 Å². The third-order valence-electron chi connectivity index (χ3n) is 2.21. The molecule has 1 heterocycles. The van der Waals surface area contributed by atoms with Crippen molar-refractivity contribution >= 4 is 18.1 Å². The zero-order valence-corrected chi connectivity index (χ0v) is 9.68. The largest absolute Gasteiger partial charge is 0.467 e. The highest BCUT2D eigenvalue weighted by Crippen LogP contribution is 2.23. The minimum atomic E-state index is 0.297. The number of hydrogen-bond donors (Lipinski definition) is 0. The lowest BCUT2D eigenvalue weighted by Gasteiger charge is -1.95. The summed E-state index contributed by atoms with van der Waals surface area (Å²) in [6, 6.07) is 9.13. The first-order chi connectivity index (χ1) is 8.29. The van der Waals surface area contributed by atoms with Gasteiger partial charge < -0.3 is 9.26 Å². The van der Waals surface area contributed by atoms with Crippen molar-refractivity contribution in [2.75, 3.05) is 6.61 Å². The lowest BCUT2D eigenvalue weighted by atomic mass is 10.1. The molecule has 0 N–H and O–H groups in total. The molecule has 2 aromatic rings. The third-order valence-corrected chi connectivity index (χ3v) is 2.45. The summed E-state index contributed by atoms with van der Waals surface area (Å²) >= 11 is 5.88. The van der Waals surface area contributed by atoms with Crippen molar-refractivity contribution in [2.24, 2.45) is 0 Å². The predicted octanol–water partition coefficient (Wildman–Crippen LogP) is 2.71. The second-order valence-corrected chi connectivity index (χ2v) is 3.85. The number of hydrogen-bond acceptors (Lipinski definition) is 4. The van der Waals surface area contributed by atoms with Gasteiger partial charge in [-0.3, -0.25) is 4.79 Å². The van der Waals surface area contributed by atoms with E-state index in [9.17, 15) is 4.79 Å². The van der Waals surface area contributed by atoms with Crippen LogP contribution in [0.1, 0.15) is 5.69 Å². The molecule has 88 valence electrons. The van der Waals surface area contributed by atoms with Gasteiger partial charge in [0.15, 0.2) is 5.76 Å². The fourth-order valence-corrected chi connectivity index (χ4v) is 1.61. The van der Waals surface area contributed by atoms with Crippen LogP contribution in [0, 0.1) is 0 Å². The summed E-state index contributed by atoms with van der Waals surface area (Å²) < 4.78 is 9.77. The van der Waals surface area contributed by atoms with Crippen LogP contribution in [0.5, 0.6) is 0 Å². The van der Waals surface area contributed by atoms with Crippen LogP contribution in [0.4, 0.5) is 0 Å². The number of nitrogens with zero attached hydrogens (tertiary/aromatic N) is 1. The Bertz CT molecular complexity index is 510. The quantitative estimate of drug-likeness (QED) is 0.606. The summed E-state index contributed by atoms with van der Waals surface area (Å²) in [7, 11) is 0. The Balaban J connectivity index is 2.10. The molecular formula is C12H10ClNO3. The van der Waals surface area contributed by atoms with Gasteiger partial charge in [-0.15, -0.1) is 0 Å².